The van der Waals surface area contributed by atoms with Crippen LogP contribution in [0.15, 0.2) is 79.9 Å². The third-order valence-corrected chi connectivity index (χ3v) is 11.7. The number of rotatable bonds is 15. The number of nitrogens with zero attached hydrogens (tertiary/aromatic N) is 3. The number of anilines is 1. The number of hydrogen-bond donors (Lipinski definition) is 1. The minimum atomic E-state index is -0.724. The quantitative estimate of drug-likeness (QED) is 0.218. The maximum absolute atomic E-state index is 14.8. The predicted octanol–water partition coefficient (Wildman–Crippen LogP) is 5.07. The summed E-state index contributed by atoms with van der Waals surface area (Å²) in [6, 6.07) is 16.5. The van der Waals surface area contributed by atoms with E-state index in [1.807, 2.05) is 59.5 Å². The average molecular weight is 632 g/mol. The van der Waals surface area contributed by atoms with Gasteiger partial charge in [0, 0.05) is 43.2 Å². The highest BCUT2D eigenvalue weighted by Crippen LogP contribution is 2.71. The Balaban J connectivity index is 1.53. The van der Waals surface area contributed by atoms with Crippen molar-refractivity contribution in [3.8, 4) is 5.75 Å². The predicted molar refractivity (Wildman–Crippen MR) is 179 cm³/mol. The van der Waals surface area contributed by atoms with E-state index in [0.29, 0.717) is 50.3 Å². The van der Waals surface area contributed by atoms with Crippen LogP contribution in [0.4, 0.5) is 5.69 Å². The number of ether oxygens (including phenoxy) is 1. The van der Waals surface area contributed by atoms with Gasteiger partial charge in [-0.15, -0.1) is 24.9 Å². The van der Waals surface area contributed by atoms with Crippen molar-refractivity contribution in [3.63, 3.8) is 0 Å². The van der Waals surface area contributed by atoms with Gasteiger partial charge in [-0.1, -0.05) is 42.5 Å². The van der Waals surface area contributed by atoms with Crippen molar-refractivity contribution in [3.05, 3.63) is 85.5 Å². The first-order chi connectivity index (χ1) is 21.7. The number of amides is 3. The average Bonchev–Trinajstić information content (AvgIpc) is 3.62. The van der Waals surface area contributed by atoms with Crippen molar-refractivity contribution in [2.45, 2.75) is 61.1 Å². The molecule has 45 heavy (non-hydrogen) atoms. The number of methoxy groups -OCH3 is 1. The fourth-order valence-corrected chi connectivity index (χ4v) is 9.99. The Bertz CT molecular complexity index is 1400. The molecule has 8 nitrogen and oxygen atoms in total. The summed E-state index contributed by atoms with van der Waals surface area (Å²) in [7, 11) is 1.60. The molecule has 3 aliphatic rings. The summed E-state index contributed by atoms with van der Waals surface area (Å²) < 4.78 is 4.14. The number of carbonyl (C=O) groups is 3. The molecule has 3 heterocycles. The summed E-state index contributed by atoms with van der Waals surface area (Å²) in [5.41, 5.74) is 1.71. The van der Waals surface area contributed by atoms with Crippen LogP contribution in [0, 0.1) is 11.8 Å². The lowest BCUT2D eigenvalue weighted by Gasteiger charge is -2.38. The summed E-state index contributed by atoms with van der Waals surface area (Å²) in [5, 5.41) is 9.38. The summed E-state index contributed by atoms with van der Waals surface area (Å²) in [6.45, 7) is 11.5. The Morgan fingerprint density at radius 3 is 2.38 bits per heavy atom. The Kier molecular flexibility index (Phi) is 10.1. The van der Waals surface area contributed by atoms with E-state index >= 15 is 0 Å². The fourth-order valence-electron chi connectivity index (χ4n) is 7.64. The topological polar surface area (TPSA) is 90.4 Å². The summed E-state index contributed by atoms with van der Waals surface area (Å²) in [6.07, 6.45) is 6.90. The number of aliphatic hydroxyl groups excluding tert-OH is 1. The van der Waals surface area contributed by atoms with Crippen molar-refractivity contribution < 1.29 is 24.2 Å². The van der Waals surface area contributed by atoms with E-state index in [4.69, 9.17) is 4.74 Å². The number of likely N-dealkylation sites (tertiary alicyclic amines) is 1. The lowest BCUT2D eigenvalue weighted by atomic mass is 9.66. The molecule has 0 aromatic heterocycles. The molecule has 3 fully saturated rings. The van der Waals surface area contributed by atoms with E-state index in [1.165, 1.54) is 0 Å². The van der Waals surface area contributed by atoms with E-state index in [2.05, 4.69) is 20.1 Å². The van der Waals surface area contributed by atoms with Crippen molar-refractivity contribution in [1.29, 1.82) is 0 Å². The van der Waals surface area contributed by atoms with Crippen LogP contribution in [0.1, 0.15) is 44.6 Å². The lowest BCUT2D eigenvalue weighted by molar-refractivity contribution is -0.145. The molecule has 3 aliphatic heterocycles. The van der Waals surface area contributed by atoms with Crippen molar-refractivity contribution >= 4 is 35.2 Å². The smallest absolute Gasteiger partial charge is 0.251 e. The molecule has 0 aliphatic carbocycles. The van der Waals surface area contributed by atoms with Crippen molar-refractivity contribution in [2.24, 2.45) is 11.8 Å². The molecule has 0 radical (unpaired) electrons. The molecular formula is C36H45N3O5S. The normalized spacial score (nSPS) is 26.4. The molecular weight excluding hydrogens is 586 g/mol. The van der Waals surface area contributed by atoms with Gasteiger partial charge in [0.05, 0.1) is 23.7 Å². The Morgan fingerprint density at radius 1 is 1.02 bits per heavy atom. The first-order valence-corrected chi connectivity index (χ1v) is 16.7. The number of hydrogen-bond acceptors (Lipinski definition) is 6. The van der Waals surface area contributed by atoms with Gasteiger partial charge < -0.3 is 24.5 Å². The van der Waals surface area contributed by atoms with E-state index < -0.39 is 27.4 Å². The molecule has 5 atom stereocenters. The molecule has 3 amide bonds. The zero-order valence-electron chi connectivity index (χ0n) is 26.4. The molecule has 2 aromatic rings. The molecule has 3 saturated heterocycles. The van der Waals surface area contributed by atoms with Gasteiger partial charge in [0.15, 0.2) is 0 Å². The second-order valence-corrected chi connectivity index (χ2v) is 14.4. The SMILES string of the molecule is C=CCN(Cc1ccccc1)C(=O)[C@H]1[C@H]2C(=O)N(CCCCCO)C(C(=O)N(CC=C)c3ccc(OC)cc3)C23CC[C@]1(C)S3. The van der Waals surface area contributed by atoms with Crippen LogP contribution in [0.2, 0.25) is 0 Å². The van der Waals surface area contributed by atoms with Crippen LogP contribution < -0.4 is 9.64 Å². The van der Waals surface area contributed by atoms with Gasteiger partial charge in [0.25, 0.3) is 5.91 Å². The molecule has 5 rings (SSSR count). The first kappa shape index (κ1) is 32.8. The molecule has 1 N–H and O–H groups in total. The second-order valence-electron chi connectivity index (χ2n) is 12.5. The Labute approximate surface area is 271 Å². The van der Waals surface area contributed by atoms with Crippen LogP contribution in [0.3, 0.4) is 0 Å². The molecule has 2 bridgehead atoms. The first-order valence-electron chi connectivity index (χ1n) is 15.9. The van der Waals surface area contributed by atoms with Crippen LogP contribution in [-0.4, -0.2) is 81.5 Å². The van der Waals surface area contributed by atoms with Crippen LogP contribution in [-0.2, 0) is 20.9 Å². The van der Waals surface area contributed by atoms with Crippen LogP contribution >= 0.6 is 11.8 Å². The van der Waals surface area contributed by atoms with E-state index in [0.717, 1.165) is 18.4 Å². The highest BCUT2D eigenvalue weighted by Gasteiger charge is 2.77. The minimum Gasteiger partial charge on any atom is -0.497 e. The van der Waals surface area contributed by atoms with Gasteiger partial charge in [0.1, 0.15) is 11.8 Å². The number of thioether (sulfide) groups is 1. The highest BCUT2D eigenvalue weighted by molar-refractivity contribution is 8.02. The molecule has 2 unspecified atom stereocenters. The number of benzene rings is 2. The van der Waals surface area contributed by atoms with Gasteiger partial charge in [0.2, 0.25) is 11.8 Å². The Hall–Kier alpha value is -3.56. The molecule has 240 valence electrons. The summed E-state index contributed by atoms with van der Waals surface area (Å²) in [4.78, 5) is 49.3. The molecule has 2 aromatic carbocycles. The van der Waals surface area contributed by atoms with Gasteiger partial charge in [-0.25, -0.2) is 0 Å². The highest BCUT2D eigenvalue weighted by atomic mass is 32.2. The van der Waals surface area contributed by atoms with Gasteiger partial charge >= 0.3 is 0 Å². The van der Waals surface area contributed by atoms with Gasteiger partial charge in [-0.05, 0) is 68.9 Å². The number of unbranched alkanes of at least 4 members (excludes halogenated alkanes) is 2. The molecule has 9 heteroatoms. The van der Waals surface area contributed by atoms with Crippen LogP contribution in [0.5, 0.6) is 5.75 Å². The largest absolute Gasteiger partial charge is 0.497 e. The van der Waals surface area contributed by atoms with E-state index in [9.17, 15) is 19.5 Å². The molecule has 1 spiro atoms. The fraction of sp³-hybridized carbons (Fsp3) is 0.472. The van der Waals surface area contributed by atoms with Crippen molar-refractivity contribution in [2.75, 3.05) is 38.3 Å². The third-order valence-electron chi connectivity index (χ3n) is 9.67. The summed E-state index contributed by atoms with van der Waals surface area (Å²) in [5.74, 6) is -0.804. The third kappa shape index (κ3) is 6.04. The van der Waals surface area contributed by atoms with Gasteiger partial charge in [-0.3, -0.25) is 14.4 Å². The maximum atomic E-state index is 14.8. The maximum Gasteiger partial charge on any atom is 0.251 e. The number of fused-ring (bicyclic) bond motifs is 1. The van der Waals surface area contributed by atoms with E-state index in [-0.39, 0.29) is 30.9 Å². The second kappa shape index (κ2) is 13.8. The zero-order valence-corrected chi connectivity index (χ0v) is 27.2. The standard InChI is InChI=1S/C36H45N3O5S/c1-5-21-37(25-26-13-9-7-10-14-26)32(41)29-30-33(42)39(23-11-8-12-24-40)31(36(30)20-19-35(29,3)45-36)34(43)38(22-6-2)27-15-17-28(44-4)18-16-27/h5-7,9-10,13-18,29-31,40H,1-2,8,11-12,19-25H2,3-4H3/t29-,30+,31?,35+,36?/m1/s1. The zero-order chi connectivity index (χ0) is 32.2. The monoisotopic (exact) mass is 631 g/mol. The minimum absolute atomic E-state index is 0.0555. The van der Waals surface area contributed by atoms with Crippen LogP contribution in [0.25, 0.3) is 0 Å². The van der Waals surface area contributed by atoms with Crippen molar-refractivity contribution in [1.82, 2.24) is 9.80 Å². The lowest BCUT2D eigenvalue weighted by Crippen LogP contribution is -2.55. The van der Waals surface area contributed by atoms with E-state index in [1.54, 1.807) is 40.8 Å². The summed E-state index contributed by atoms with van der Waals surface area (Å²) >= 11 is 1.69. The Morgan fingerprint density at radius 2 is 1.73 bits per heavy atom. The van der Waals surface area contributed by atoms with Gasteiger partial charge in [-0.2, -0.15) is 0 Å². The number of carbonyl (C=O) groups excluding carboxylic acids is 3. The molecule has 0 saturated carbocycles. The number of aliphatic hydroxyl groups is 1.